The third kappa shape index (κ3) is 4.30. The normalized spacial score (nSPS) is 33.6. The van der Waals surface area contributed by atoms with Crippen molar-refractivity contribution in [1.29, 1.82) is 0 Å². The number of amides is 1. The smallest absolute Gasteiger partial charge is 0.220 e. The molecule has 2 rings (SSSR count). The topological polar surface area (TPSA) is 41.1 Å². The zero-order valence-corrected chi connectivity index (χ0v) is 11.0. The van der Waals surface area contributed by atoms with Crippen LogP contribution < -0.4 is 10.6 Å². The van der Waals surface area contributed by atoms with E-state index >= 15 is 0 Å². The van der Waals surface area contributed by atoms with Crippen molar-refractivity contribution in [3.05, 3.63) is 0 Å². The summed E-state index contributed by atoms with van der Waals surface area (Å²) in [4.78, 5) is 11.8. The summed E-state index contributed by atoms with van der Waals surface area (Å²) in [6, 6.07) is 0.459. The summed E-state index contributed by atoms with van der Waals surface area (Å²) in [5.41, 5.74) is 0. The maximum Gasteiger partial charge on any atom is 0.220 e. The number of carbonyl (C=O) groups is 1. The van der Waals surface area contributed by atoms with Gasteiger partial charge in [0.1, 0.15) is 0 Å². The molecular formula is C14H26N2O. The number of nitrogens with one attached hydrogen (secondary N) is 2. The first kappa shape index (κ1) is 12.9. The Bertz CT molecular complexity index is 241. The summed E-state index contributed by atoms with van der Waals surface area (Å²) in [6.07, 6.45) is 7.93. The lowest BCUT2D eigenvalue weighted by molar-refractivity contribution is -0.122. The summed E-state index contributed by atoms with van der Waals surface area (Å²) in [5, 5.41) is 6.55. The summed E-state index contributed by atoms with van der Waals surface area (Å²) in [5.74, 6) is 1.86. The minimum absolute atomic E-state index is 0.274. The van der Waals surface area contributed by atoms with Crippen LogP contribution in [0.15, 0.2) is 0 Å². The minimum atomic E-state index is 0.274. The van der Waals surface area contributed by atoms with Gasteiger partial charge in [0.2, 0.25) is 5.91 Å². The van der Waals surface area contributed by atoms with Gasteiger partial charge < -0.3 is 10.6 Å². The van der Waals surface area contributed by atoms with E-state index in [1.165, 1.54) is 32.1 Å². The van der Waals surface area contributed by atoms with Crippen molar-refractivity contribution in [3.63, 3.8) is 0 Å². The van der Waals surface area contributed by atoms with Gasteiger partial charge in [-0.3, -0.25) is 4.79 Å². The molecule has 1 atom stereocenters. The van der Waals surface area contributed by atoms with E-state index in [0.29, 0.717) is 6.04 Å². The maximum absolute atomic E-state index is 11.8. The Labute approximate surface area is 105 Å². The van der Waals surface area contributed by atoms with E-state index in [0.717, 1.165) is 37.8 Å². The van der Waals surface area contributed by atoms with Gasteiger partial charge in [0, 0.05) is 12.5 Å². The van der Waals surface area contributed by atoms with Crippen LogP contribution in [0.2, 0.25) is 0 Å². The molecule has 0 aromatic rings. The Kier molecular flexibility index (Phi) is 4.84. The molecule has 0 spiro atoms. The van der Waals surface area contributed by atoms with Crippen LogP contribution in [0.25, 0.3) is 0 Å². The molecule has 3 heteroatoms. The second kappa shape index (κ2) is 6.39. The Morgan fingerprint density at radius 3 is 2.65 bits per heavy atom. The average molecular weight is 238 g/mol. The fraction of sp³-hybridized carbons (Fsp3) is 0.929. The minimum Gasteiger partial charge on any atom is -0.353 e. The summed E-state index contributed by atoms with van der Waals surface area (Å²) >= 11 is 0. The first-order chi connectivity index (χ1) is 8.24. The first-order valence-corrected chi connectivity index (χ1v) is 7.24. The van der Waals surface area contributed by atoms with Crippen molar-refractivity contribution in [1.82, 2.24) is 10.6 Å². The highest BCUT2D eigenvalue weighted by atomic mass is 16.1. The molecular weight excluding hydrogens is 212 g/mol. The zero-order chi connectivity index (χ0) is 12.1. The van der Waals surface area contributed by atoms with Crippen molar-refractivity contribution in [3.8, 4) is 0 Å². The highest BCUT2D eigenvalue weighted by Gasteiger charge is 2.20. The van der Waals surface area contributed by atoms with Crippen molar-refractivity contribution in [2.45, 2.75) is 57.9 Å². The second-order valence-electron chi connectivity index (χ2n) is 5.92. The molecule has 1 unspecified atom stereocenters. The SMILES string of the molecule is CC1CCC(NC(=O)CCC2CCNC2)CC1. The zero-order valence-electron chi connectivity index (χ0n) is 11.0. The predicted molar refractivity (Wildman–Crippen MR) is 69.8 cm³/mol. The van der Waals surface area contributed by atoms with Crippen molar-refractivity contribution >= 4 is 5.91 Å². The standard InChI is InChI=1S/C14H26N2O/c1-11-2-5-13(6-3-11)16-14(17)7-4-12-8-9-15-10-12/h11-13,15H,2-10H2,1H3,(H,16,17). The van der Waals surface area contributed by atoms with E-state index in [1.54, 1.807) is 0 Å². The summed E-state index contributed by atoms with van der Waals surface area (Å²) < 4.78 is 0. The number of carbonyl (C=O) groups excluding carboxylic acids is 1. The molecule has 17 heavy (non-hydrogen) atoms. The van der Waals surface area contributed by atoms with Crippen LogP contribution in [0.4, 0.5) is 0 Å². The largest absolute Gasteiger partial charge is 0.353 e. The molecule has 1 aliphatic heterocycles. The predicted octanol–water partition coefficient (Wildman–Crippen LogP) is 2.07. The van der Waals surface area contributed by atoms with E-state index in [4.69, 9.17) is 0 Å². The quantitative estimate of drug-likeness (QED) is 0.787. The lowest BCUT2D eigenvalue weighted by Gasteiger charge is -2.27. The molecule has 1 amide bonds. The van der Waals surface area contributed by atoms with E-state index in [2.05, 4.69) is 17.6 Å². The molecule has 2 aliphatic rings. The molecule has 98 valence electrons. The highest BCUT2D eigenvalue weighted by molar-refractivity contribution is 5.76. The van der Waals surface area contributed by atoms with Gasteiger partial charge in [0.05, 0.1) is 0 Å². The molecule has 2 N–H and O–H groups in total. The molecule has 1 aliphatic carbocycles. The summed E-state index contributed by atoms with van der Waals surface area (Å²) in [7, 11) is 0. The Balaban J connectivity index is 1.60. The Morgan fingerprint density at radius 2 is 2.00 bits per heavy atom. The van der Waals surface area contributed by atoms with Gasteiger partial charge in [0.15, 0.2) is 0 Å². The van der Waals surface area contributed by atoms with Crippen LogP contribution in [0.1, 0.15) is 51.9 Å². The molecule has 0 aromatic heterocycles. The number of hydrogen-bond donors (Lipinski definition) is 2. The van der Waals surface area contributed by atoms with E-state index in [-0.39, 0.29) is 5.91 Å². The van der Waals surface area contributed by atoms with Crippen molar-refractivity contribution in [2.24, 2.45) is 11.8 Å². The molecule has 1 saturated heterocycles. The Morgan fingerprint density at radius 1 is 1.24 bits per heavy atom. The van der Waals surface area contributed by atoms with Crippen molar-refractivity contribution < 1.29 is 4.79 Å². The Hall–Kier alpha value is -0.570. The molecule has 2 fully saturated rings. The van der Waals surface area contributed by atoms with E-state index in [1.807, 2.05) is 0 Å². The highest BCUT2D eigenvalue weighted by Crippen LogP contribution is 2.23. The van der Waals surface area contributed by atoms with Crippen LogP contribution in [-0.4, -0.2) is 25.0 Å². The molecule has 1 heterocycles. The molecule has 3 nitrogen and oxygen atoms in total. The van der Waals surface area contributed by atoms with Gasteiger partial charge in [-0.1, -0.05) is 6.92 Å². The van der Waals surface area contributed by atoms with Crippen LogP contribution in [0, 0.1) is 11.8 Å². The average Bonchev–Trinajstić information content (AvgIpc) is 2.83. The molecule has 0 radical (unpaired) electrons. The van der Waals surface area contributed by atoms with Gasteiger partial charge in [0.25, 0.3) is 0 Å². The first-order valence-electron chi connectivity index (χ1n) is 7.24. The van der Waals surface area contributed by atoms with E-state index in [9.17, 15) is 4.79 Å². The monoisotopic (exact) mass is 238 g/mol. The van der Waals surface area contributed by atoms with Crippen molar-refractivity contribution in [2.75, 3.05) is 13.1 Å². The maximum atomic E-state index is 11.8. The van der Waals surface area contributed by atoms with Gasteiger partial charge in [-0.2, -0.15) is 0 Å². The van der Waals surface area contributed by atoms with Crippen LogP contribution in [-0.2, 0) is 4.79 Å². The van der Waals surface area contributed by atoms with Crippen LogP contribution in [0.5, 0.6) is 0 Å². The van der Waals surface area contributed by atoms with Gasteiger partial charge in [-0.05, 0) is 63.5 Å². The second-order valence-corrected chi connectivity index (χ2v) is 5.92. The van der Waals surface area contributed by atoms with Gasteiger partial charge >= 0.3 is 0 Å². The third-order valence-corrected chi connectivity index (χ3v) is 4.32. The van der Waals surface area contributed by atoms with Gasteiger partial charge in [-0.15, -0.1) is 0 Å². The van der Waals surface area contributed by atoms with Crippen LogP contribution in [0.3, 0.4) is 0 Å². The van der Waals surface area contributed by atoms with E-state index < -0.39 is 0 Å². The molecule has 0 aromatic carbocycles. The molecule has 1 saturated carbocycles. The number of hydrogen-bond acceptors (Lipinski definition) is 2. The number of rotatable bonds is 4. The fourth-order valence-electron chi connectivity index (χ4n) is 3.00. The lowest BCUT2D eigenvalue weighted by atomic mass is 9.87. The summed E-state index contributed by atoms with van der Waals surface area (Å²) in [6.45, 7) is 4.55. The van der Waals surface area contributed by atoms with Gasteiger partial charge in [-0.25, -0.2) is 0 Å². The lowest BCUT2D eigenvalue weighted by Crippen LogP contribution is -2.37. The van der Waals surface area contributed by atoms with Crippen LogP contribution >= 0.6 is 0 Å². The third-order valence-electron chi connectivity index (χ3n) is 4.32. The molecule has 0 bridgehead atoms. The fourth-order valence-corrected chi connectivity index (χ4v) is 3.00.